The van der Waals surface area contributed by atoms with Gasteiger partial charge in [-0.3, -0.25) is 4.79 Å². The van der Waals surface area contributed by atoms with Crippen molar-refractivity contribution in [3.63, 3.8) is 0 Å². The Hall–Kier alpha value is -1.15. The van der Waals surface area contributed by atoms with E-state index >= 15 is 0 Å². The van der Waals surface area contributed by atoms with E-state index < -0.39 is 10.0 Å². The summed E-state index contributed by atoms with van der Waals surface area (Å²) in [5, 5.41) is 6.21. The molecule has 2 heterocycles. The van der Waals surface area contributed by atoms with Crippen molar-refractivity contribution < 1.29 is 13.2 Å². The summed E-state index contributed by atoms with van der Waals surface area (Å²) in [6, 6.07) is 7.13. The molecule has 134 valence electrons. The predicted molar refractivity (Wildman–Crippen MR) is 95.9 cm³/mol. The molecule has 1 aromatic carbocycles. The number of carbonyl (C=O) groups is 1. The predicted octanol–water partition coefficient (Wildman–Crippen LogP) is 1.97. The molecule has 2 aliphatic heterocycles. The molecule has 0 aliphatic carbocycles. The molecule has 0 spiro atoms. The summed E-state index contributed by atoms with van der Waals surface area (Å²) in [7, 11) is -3.48. The van der Waals surface area contributed by atoms with Crippen molar-refractivity contribution in [2.45, 2.75) is 49.6 Å². The van der Waals surface area contributed by atoms with Crippen molar-refractivity contribution in [3.05, 3.63) is 24.3 Å². The van der Waals surface area contributed by atoms with Crippen LogP contribution >= 0.6 is 12.4 Å². The number of benzene rings is 1. The van der Waals surface area contributed by atoms with E-state index in [2.05, 4.69) is 10.6 Å². The first-order valence-electron chi connectivity index (χ1n) is 8.15. The van der Waals surface area contributed by atoms with Crippen molar-refractivity contribution in [1.29, 1.82) is 0 Å². The second kappa shape index (κ2) is 7.82. The van der Waals surface area contributed by atoms with Gasteiger partial charge in [-0.2, -0.15) is 4.31 Å². The summed E-state index contributed by atoms with van der Waals surface area (Å²) in [6.07, 6.45) is 3.44. The summed E-state index contributed by atoms with van der Waals surface area (Å²) in [4.78, 5) is 11.7. The number of sulfonamides is 1. The van der Waals surface area contributed by atoms with Gasteiger partial charge >= 0.3 is 0 Å². The van der Waals surface area contributed by atoms with Crippen molar-refractivity contribution in [3.8, 4) is 0 Å². The molecular weight excluding hydrogens is 350 g/mol. The molecule has 1 aromatic rings. The molecule has 0 saturated carbocycles. The average Bonchev–Trinajstić information content (AvgIpc) is 2.86. The molecule has 2 atom stereocenters. The van der Waals surface area contributed by atoms with E-state index in [1.165, 1.54) is 0 Å². The van der Waals surface area contributed by atoms with E-state index in [4.69, 9.17) is 0 Å². The average molecular weight is 374 g/mol. The third kappa shape index (κ3) is 4.08. The lowest BCUT2D eigenvalue weighted by Gasteiger charge is -2.23. The molecule has 6 nitrogen and oxygen atoms in total. The Balaban J connectivity index is 0.00000208. The van der Waals surface area contributed by atoms with E-state index in [0.29, 0.717) is 31.2 Å². The van der Waals surface area contributed by atoms with Crippen molar-refractivity contribution in [2.75, 3.05) is 18.4 Å². The fraction of sp³-hybridized carbons (Fsp3) is 0.562. The van der Waals surface area contributed by atoms with Crippen LogP contribution in [0.2, 0.25) is 0 Å². The molecular formula is C16H24ClN3O3S. The summed E-state index contributed by atoms with van der Waals surface area (Å²) in [6.45, 7) is 2.87. The lowest BCUT2D eigenvalue weighted by Crippen LogP contribution is -2.39. The van der Waals surface area contributed by atoms with E-state index in [-0.39, 0.29) is 29.3 Å². The maximum atomic E-state index is 12.8. The second-order valence-corrected chi connectivity index (χ2v) is 8.15. The van der Waals surface area contributed by atoms with E-state index in [0.717, 1.165) is 19.3 Å². The summed E-state index contributed by atoms with van der Waals surface area (Å²) < 4.78 is 27.2. The van der Waals surface area contributed by atoms with Crippen LogP contribution in [0.25, 0.3) is 0 Å². The summed E-state index contributed by atoms with van der Waals surface area (Å²) >= 11 is 0. The molecule has 2 aliphatic rings. The maximum absolute atomic E-state index is 12.8. The minimum atomic E-state index is -3.48. The molecule has 0 aromatic heterocycles. The number of nitrogens with zero attached hydrogens (tertiary/aromatic N) is 1. The van der Waals surface area contributed by atoms with E-state index in [1.54, 1.807) is 35.5 Å². The van der Waals surface area contributed by atoms with Crippen molar-refractivity contribution >= 4 is 34.0 Å². The van der Waals surface area contributed by atoms with Crippen LogP contribution in [0, 0.1) is 0 Å². The largest absolute Gasteiger partial charge is 0.326 e. The summed E-state index contributed by atoms with van der Waals surface area (Å²) in [5.74, 6) is -0.0878. The highest BCUT2D eigenvalue weighted by Crippen LogP contribution is 2.25. The highest BCUT2D eigenvalue weighted by Gasteiger charge is 2.34. The monoisotopic (exact) mass is 373 g/mol. The van der Waals surface area contributed by atoms with Crippen LogP contribution in [-0.2, 0) is 14.8 Å². The van der Waals surface area contributed by atoms with Crippen LogP contribution in [0.15, 0.2) is 29.2 Å². The van der Waals surface area contributed by atoms with Gasteiger partial charge < -0.3 is 10.6 Å². The van der Waals surface area contributed by atoms with Crippen LogP contribution < -0.4 is 10.6 Å². The number of fused-ring (bicyclic) bond motifs is 2. The Morgan fingerprint density at radius 1 is 1.21 bits per heavy atom. The first-order chi connectivity index (χ1) is 11.0. The minimum absolute atomic E-state index is 0. The third-order valence-corrected chi connectivity index (χ3v) is 6.46. The number of carbonyl (C=O) groups excluding carboxylic acids is 1. The SMILES string of the molecule is CCC(=O)Nc1ccc(S(=O)(=O)N2CCC3CCC(C2)N3)cc1.Cl. The van der Waals surface area contributed by atoms with Gasteiger partial charge in [0.2, 0.25) is 15.9 Å². The highest BCUT2D eigenvalue weighted by atomic mass is 35.5. The van der Waals surface area contributed by atoms with Gasteiger partial charge in [0.1, 0.15) is 0 Å². The number of anilines is 1. The van der Waals surface area contributed by atoms with E-state index in [1.807, 2.05) is 0 Å². The van der Waals surface area contributed by atoms with Gasteiger partial charge in [-0.25, -0.2) is 8.42 Å². The van der Waals surface area contributed by atoms with Gasteiger partial charge in [0.25, 0.3) is 0 Å². The molecule has 2 fully saturated rings. The smallest absolute Gasteiger partial charge is 0.243 e. The van der Waals surface area contributed by atoms with Gasteiger partial charge in [-0.1, -0.05) is 6.92 Å². The normalized spacial score (nSPS) is 24.0. The fourth-order valence-corrected chi connectivity index (χ4v) is 4.74. The number of rotatable bonds is 4. The molecule has 3 rings (SSSR count). The Labute approximate surface area is 149 Å². The van der Waals surface area contributed by atoms with Crippen LogP contribution in [-0.4, -0.2) is 43.8 Å². The van der Waals surface area contributed by atoms with Crippen LogP contribution in [0.1, 0.15) is 32.6 Å². The van der Waals surface area contributed by atoms with Gasteiger partial charge in [0, 0.05) is 37.3 Å². The molecule has 2 unspecified atom stereocenters. The topological polar surface area (TPSA) is 78.5 Å². The quantitative estimate of drug-likeness (QED) is 0.845. The fourth-order valence-electron chi connectivity index (χ4n) is 3.24. The number of nitrogens with one attached hydrogen (secondary N) is 2. The number of halogens is 1. The molecule has 1 amide bonds. The maximum Gasteiger partial charge on any atom is 0.243 e. The Kier molecular flexibility index (Phi) is 6.25. The molecule has 24 heavy (non-hydrogen) atoms. The van der Waals surface area contributed by atoms with Crippen molar-refractivity contribution in [2.24, 2.45) is 0 Å². The zero-order valence-corrected chi connectivity index (χ0v) is 15.3. The van der Waals surface area contributed by atoms with Crippen molar-refractivity contribution in [1.82, 2.24) is 9.62 Å². The lowest BCUT2D eigenvalue weighted by molar-refractivity contribution is -0.115. The van der Waals surface area contributed by atoms with Gasteiger partial charge in [-0.05, 0) is 43.5 Å². The molecule has 0 radical (unpaired) electrons. The van der Waals surface area contributed by atoms with E-state index in [9.17, 15) is 13.2 Å². The third-order valence-electron chi connectivity index (χ3n) is 4.58. The first kappa shape index (κ1) is 19.2. The molecule has 8 heteroatoms. The molecule has 2 saturated heterocycles. The standard InChI is InChI=1S/C16H23N3O3S.ClH/c1-2-16(20)18-12-5-7-15(8-6-12)23(21,22)19-10-9-13-3-4-14(11-19)17-13;/h5-8,13-14,17H,2-4,9-11H2,1H3,(H,18,20);1H. The van der Waals surface area contributed by atoms with Crippen LogP contribution in [0.4, 0.5) is 5.69 Å². The van der Waals surface area contributed by atoms with Gasteiger partial charge in [0.05, 0.1) is 4.90 Å². The molecule has 2 N–H and O–H groups in total. The summed E-state index contributed by atoms with van der Waals surface area (Å²) in [5.41, 5.74) is 0.618. The second-order valence-electron chi connectivity index (χ2n) is 6.22. The zero-order valence-electron chi connectivity index (χ0n) is 13.7. The van der Waals surface area contributed by atoms with Gasteiger partial charge in [0.15, 0.2) is 0 Å². The Bertz CT molecular complexity index is 678. The Morgan fingerprint density at radius 3 is 2.54 bits per heavy atom. The number of amides is 1. The Morgan fingerprint density at radius 2 is 1.88 bits per heavy atom. The van der Waals surface area contributed by atoms with Gasteiger partial charge in [-0.15, -0.1) is 12.4 Å². The number of hydrogen-bond acceptors (Lipinski definition) is 4. The highest BCUT2D eigenvalue weighted by molar-refractivity contribution is 7.89. The van der Waals surface area contributed by atoms with Crippen LogP contribution in [0.5, 0.6) is 0 Å². The molecule has 2 bridgehead atoms. The lowest BCUT2D eigenvalue weighted by atomic mass is 10.1. The minimum Gasteiger partial charge on any atom is -0.326 e. The first-order valence-corrected chi connectivity index (χ1v) is 9.59. The number of hydrogen-bond donors (Lipinski definition) is 2. The van der Waals surface area contributed by atoms with Crippen LogP contribution in [0.3, 0.4) is 0 Å². The zero-order chi connectivity index (χ0) is 16.4.